The molecule has 0 spiro atoms. The van der Waals surface area contributed by atoms with Crippen LogP contribution in [-0.2, 0) is 6.54 Å². The van der Waals surface area contributed by atoms with Gasteiger partial charge in [-0.05, 0) is 19.1 Å². The predicted molar refractivity (Wildman–Crippen MR) is 100 cm³/mol. The summed E-state index contributed by atoms with van der Waals surface area (Å²) in [5.41, 5.74) is 3.87. The normalized spacial score (nSPS) is 12.1. The molecule has 1 heterocycles. The number of benzene rings is 2. The lowest BCUT2D eigenvalue weighted by atomic mass is 10.1. The Morgan fingerprint density at radius 1 is 1.08 bits per heavy atom. The topological polar surface area (TPSA) is 58.0 Å². The monoisotopic (exact) mass is 353 g/mol. The Bertz CT molecular complexity index is 836. The summed E-state index contributed by atoms with van der Waals surface area (Å²) in [4.78, 5) is 8.85. The summed E-state index contributed by atoms with van der Waals surface area (Å²) < 4.78 is 0. The van der Waals surface area contributed by atoms with Gasteiger partial charge < -0.3 is 10.4 Å². The number of nitrogens with one attached hydrogen (secondary N) is 1. The molecule has 0 saturated carbocycles. The Kier molecular flexibility index (Phi) is 5.76. The molecule has 4 nitrogen and oxygen atoms in total. The number of hydrogen-bond acceptors (Lipinski definition) is 4. The van der Waals surface area contributed by atoms with E-state index in [-0.39, 0.29) is 0 Å². The highest BCUT2D eigenvalue weighted by molar-refractivity contribution is 6.31. The van der Waals surface area contributed by atoms with Crippen LogP contribution in [0.2, 0.25) is 5.02 Å². The number of hydrogen-bond donors (Lipinski definition) is 2. The standard InChI is InChI=1S/C20H20ClN3O/c1-14-5-4-6-16(9-14)20-23-11-15(12-24-20)10-22-13-19(25)17-7-2-3-8-18(17)21/h2-9,11-12,19,22,25H,10,13H2,1H3/t19-/m1/s1. The molecule has 128 valence electrons. The lowest BCUT2D eigenvalue weighted by Crippen LogP contribution is -2.21. The van der Waals surface area contributed by atoms with Gasteiger partial charge in [0.25, 0.3) is 0 Å². The molecule has 2 aromatic carbocycles. The highest BCUT2D eigenvalue weighted by Crippen LogP contribution is 2.22. The largest absolute Gasteiger partial charge is 0.387 e. The molecule has 5 heteroatoms. The van der Waals surface area contributed by atoms with Crippen molar-refractivity contribution in [3.05, 3.63) is 82.6 Å². The molecule has 0 amide bonds. The molecule has 25 heavy (non-hydrogen) atoms. The van der Waals surface area contributed by atoms with Gasteiger partial charge in [-0.15, -0.1) is 0 Å². The first-order valence-corrected chi connectivity index (χ1v) is 8.52. The fraction of sp³-hybridized carbons (Fsp3) is 0.200. The molecule has 0 fully saturated rings. The van der Waals surface area contributed by atoms with Gasteiger partial charge in [-0.1, -0.05) is 53.6 Å². The molecule has 0 aliphatic rings. The van der Waals surface area contributed by atoms with Gasteiger partial charge in [-0.25, -0.2) is 9.97 Å². The molecule has 0 saturated heterocycles. The third kappa shape index (κ3) is 4.63. The maximum Gasteiger partial charge on any atom is 0.159 e. The molecule has 3 aromatic rings. The molecule has 3 rings (SSSR count). The Hall–Kier alpha value is -2.27. The molecule has 1 aromatic heterocycles. The van der Waals surface area contributed by atoms with Gasteiger partial charge in [-0.3, -0.25) is 0 Å². The molecular formula is C20H20ClN3O. The maximum atomic E-state index is 10.2. The van der Waals surface area contributed by atoms with E-state index in [1.54, 1.807) is 18.5 Å². The number of aliphatic hydroxyl groups excluding tert-OH is 1. The van der Waals surface area contributed by atoms with Crippen LogP contribution in [-0.4, -0.2) is 21.6 Å². The van der Waals surface area contributed by atoms with Crippen LogP contribution in [0, 0.1) is 6.92 Å². The Balaban J connectivity index is 1.56. The van der Waals surface area contributed by atoms with Gasteiger partial charge in [0.15, 0.2) is 5.82 Å². The summed E-state index contributed by atoms with van der Waals surface area (Å²) in [6.45, 7) is 3.03. The Morgan fingerprint density at radius 2 is 1.84 bits per heavy atom. The van der Waals surface area contributed by atoms with Crippen molar-refractivity contribution in [1.82, 2.24) is 15.3 Å². The van der Waals surface area contributed by atoms with E-state index < -0.39 is 6.10 Å². The van der Waals surface area contributed by atoms with Crippen LogP contribution in [0.3, 0.4) is 0 Å². The van der Waals surface area contributed by atoms with Crippen LogP contribution in [0.4, 0.5) is 0 Å². The number of rotatable bonds is 6. The molecule has 0 aliphatic heterocycles. The van der Waals surface area contributed by atoms with Crippen LogP contribution in [0.15, 0.2) is 60.9 Å². The van der Waals surface area contributed by atoms with Crippen molar-refractivity contribution >= 4 is 11.6 Å². The Morgan fingerprint density at radius 3 is 2.56 bits per heavy atom. The number of halogens is 1. The van der Waals surface area contributed by atoms with Gasteiger partial charge in [0.2, 0.25) is 0 Å². The smallest absolute Gasteiger partial charge is 0.159 e. The van der Waals surface area contributed by atoms with Crippen molar-refractivity contribution in [2.75, 3.05) is 6.54 Å². The van der Waals surface area contributed by atoms with Gasteiger partial charge in [0.05, 0.1) is 6.10 Å². The van der Waals surface area contributed by atoms with E-state index >= 15 is 0 Å². The summed E-state index contributed by atoms with van der Waals surface area (Å²) in [6, 6.07) is 15.4. The lowest BCUT2D eigenvalue weighted by molar-refractivity contribution is 0.174. The molecular weight excluding hydrogens is 334 g/mol. The summed E-state index contributed by atoms with van der Waals surface area (Å²) in [5, 5.41) is 14.0. The fourth-order valence-corrected chi connectivity index (χ4v) is 2.85. The molecule has 0 radical (unpaired) electrons. The van der Waals surface area contributed by atoms with Gasteiger partial charge >= 0.3 is 0 Å². The number of aryl methyl sites for hydroxylation is 1. The van der Waals surface area contributed by atoms with E-state index in [9.17, 15) is 5.11 Å². The summed E-state index contributed by atoms with van der Waals surface area (Å²) in [5.74, 6) is 0.712. The third-order valence-corrected chi connectivity index (χ3v) is 4.26. The van der Waals surface area contributed by atoms with Crippen molar-refractivity contribution in [3.63, 3.8) is 0 Å². The van der Waals surface area contributed by atoms with Crippen LogP contribution < -0.4 is 5.32 Å². The van der Waals surface area contributed by atoms with Gasteiger partial charge in [0.1, 0.15) is 0 Å². The minimum absolute atomic E-state index is 0.406. The second kappa shape index (κ2) is 8.21. The van der Waals surface area contributed by atoms with E-state index in [0.717, 1.165) is 16.7 Å². The minimum atomic E-state index is -0.652. The van der Waals surface area contributed by atoms with Crippen molar-refractivity contribution in [3.8, 4) is 11.4 Å². The lowest BCUT2D eigenvalue weighted by Gasteiger charge is -2.13. The van der Waals surface area contributed by atoms with E-state index in [2.05, 4.69) is 21.4 Å². The van der Waals surface area contributed by atoms with E-state index in [1.807, 2.05) is 43.3 Å². The first kappa shape index (κ1) is 17.5. The van der Waals surface area contributed by atoms with Crippen molar-refractivity contribution in [2.45, 2.75) is 19.6 Å². The molecule has 0 bridgehead atoms. The summed E-state index contributed by atoms with van der Waals surface area (Å²) in [6.07, 6.45) is 2.96. The van der Waals surface area contributed by atoms with Crippen LogP contribution in [0.5, 0.6) is 0 Å². The van der Waals surface area contributed by atoms with Gasteiger partial charge in [0, 0.05) is 47.2 Å². The zero-order chi connectivity index (χ0) is 17.6. The molecule has 0 unspecified atom stereocenters. The third-order valence-electron chi connectivity index (χ3n) is 3.91. The van der Waals surface area contributed by atoms with Crippen molar-refractivity contribution in [2.24, 2.45) is 0 Å². The molecule has 0 aliphatic carbocycles. The van der Waals surface area contributed by atoms with Crippen LogP contribution in [0.25, 0.3) is 11.4 Å². The highest BCUT2D eigenvalue weighted by Gasteiger charge is 2.10. The van der Waals surface area contributed by atoms with E-state index in [1.165, 1.54) is 5.56 Å². The molecule has 1 atom stereocenters. The number of aliphatic hydroxyl groups is 1. The molecule has 2 N–H and O–H groups in total. The van der Waals surface area contributed by atoms with Crippen molar-refractivity contribution in [1.29, 1.82) is 0 Å². The van der Waals surface area contributed by atoms with Crippen molar-refractivity contribution < 1.29 is 5.11 Å². The summed E-state index contributed by atoms with van der Waals surface area (Å²) in [7, 11) is 0. The maximum absolute atomic E-state index is 10.2. The SMILES string of the molecule is Cc1cccc(-c2ncc(CNC[C@@H](O)c3ccccc3Cl)cn2)c1. The van der Waals surface area contributed by atoms with E-state index in [4.69, 9.17) is 11.6 Å². The number of nitrogens with zero attached hydrogens (tertiary/aromatic N) is 2. The van der Waals surface area contributed by atoms with E-state index in [0.29, 0.717) is 23.9 Å². The van der Waals surface area contributed by atoms with Gasteiger partial charge in [-0.2, -0.15) is 0 Å². The average Bonchev–Trinajstić information content (AvgIpc) is 2.62. The first-order chi connectivity index (χ1) is 12.1. The minimum Gasteiger partial charge on any atom is -0.387 e. The zero-order valence-corrected chi connectivity index (χ0v) is 14.7. The Labute approximate surface area is 152 Å². The quantitative estimate of drug-likeness (QED) is 0.705. The zero-order valence-electron chi connectivity index (χ0n) is 14.0. The average molecular weight is 354 g/mol. The highest BCUT2D eigenvalue weighted by atomic mass is 35.5. The second-order valence-corrected chi connectivity index (χ2v) is 6.36. The van der Waals surface area contributed by atoms with Crippen LogP contribution >= 0.6 is 11.6 Å². The second-order valence-electron chi connectivity index (χ2n) is 5.95. The summed E-state index contributed by atoms with van der Waals surface area (Å²) >= 11 is 6.09. The first-order valence-electron chi connectivity index (χ1n) is 8.14. The fourth-order valence-electron chi connectivity index (χ4n) is 2.59. The van der Waals surface area contributed by atoms with Crippen LogP contribution in [0.1, 0.15) is 22.8 Å². The number of aromatic nitrogens is 2. The predicted octanol–water partition coefficient (Wildman–Crippen LogP) is 3.93.